The first kappa shape index (κ1) is 17.5. The lowest BCUT2D eigenvalue weighted by atomic mass is 10.2. The minimum Gasteiger partial charge on any atom is -0.468 e. The summed E-state index contributed by atoms with van der Waals surface area (Å²) in [6.45, 7) is 3.57. The number of carbonyl (C=O) groups excluding carboxylic acids is 2. The predicted octanol–water partition coefficient (Wildman–Crippen LogP) is 2.01. The number of piperazine rings is 1. The lowest BCUT2D eigenvalue weighted by Gasteiger charge is -2.34. The number of hydrogen-bond acceptors (Lipinski definition) is 4. The van der Waals surface area contributed by atoms with Gasteiger partial charge in [-0.1, -0.05) is 23.7 Å². The third-order valence-electron chi connectivity index (χ3n) is 4.20. The van der Waals surface area contributed by atoms with Crippen molar-refractivity contribution in [3.05, 3.63) is 59.0 Å². The second kappa shape index (κ2) is 8.18. The minimum atomic E-state index is -0.338. The van der Waals surface area contributed by atoms with Gasteiger partial charge in [0.25, 0.3) is 5.91 Å². The highest BCUT2D eigenvalue weighted by Crippen LogP contribution is 2.14. The number of amides is 2. The summed E-state index contributed by atoms with van der Waals surface area (Å²) in [6.07, 6.45) is 1.66. The largest absolute Gasteiger partial charge is 0.468 e. The van der Waals surface area contributed by atoms with Gasteiger partial charge < -0.3 is 14.6 Å². The van der Waals surface area contributed by atoms with Gasteiger partial charge in [0.1, 0.15) is 5.76 Å². The van der Waals surface area contributed by atoms with E-state index in [9.17, 15) is 9.59 Å². The van der Waals surface area contributed by atoms with Crippen LogP contribution >= 0.6 is 11.6 Å². The molecular weight excluding hydrogens is 342 g/mol. The van der Waals surface area contributed by atoms with Crippen LogP contribution in [0.2, 0.25) is 5.02 Å². The van der Waals surface area contributed by atoms with E-state index in [2.05, 4.69) is 10.2 Å². The fourth-order valence-corrected chi connectivity index (χ4v) is 3.01. The smallest absolute Gasteiger partial charge is 0.253 e. The average Bonchev–Trinajstić information content (AvgIpc) is 3.13. The Balaban J connectivity index is 1.43. The molecule has 2 amide bonds. The van der Waals surface area contributed by atoms with Crippen molar-refractivity contribution < 1.29 is 14.0 Å². The van der Waals surface area contributed by atoms with Crippen molar-refractivity contribution in [1.82, 2.24) is 15.1 Å². The van der Waals surface area contributed by atoms with Gasteiger partial charge in [0.05, 0.1) is 29.9 Å². The minimum absolute atomic E-state index is 0.0256. The van der Waals surface area contributed by atoms with E-state index in [1.165, 1.54) is 0 Å². The number of hydrogen-bond donors (Lipinski definition) is 1. The highest BCUT2D eigenvalue weighted by atomic mass is 35.5. The van der Waals surface area contributed by atoms with Crippen molar-refractivity contribution in [1.29, 1.82) is 0 Å². The Morgan fingerprint density at radius 3 is 2.52 bits per heavy atom. The quantitative estimate of drug-likeness (QED) is 0.884. The third kappa shape index (κ3) is 4.61. The fraction of sp³-hybridized carbons (Fsp3) is 0.333. The molecule has 1 fully saturated rings. The summed E-state index contributed by atoms with van der Waals surface area (Å²) in [7, 11) is 0. The van der Waals surface area contributed by atoms with Crippen molar-refractivity contribution in [3.8, 4) is 0 Å². The maximum atomic E-state index is 12.3. The van der Waals surface area contributed by atoms with Crippen molar-refractivity contribution in [2.45, 2.75) is 6.54 Å². The Bertz CT molecular complexity index is 725. The SMILES string of the molecule is O=C(NCC(=O)N1CCN(Cc2ccco2)CC1)c1ccccc1Cl. The fourth-order valence-electron chi connectivity index (χ4n) is 2.79. The Hall–Kier alpha value is -2.31. The standard InChI is InChI=1S/C18H20ClN3O3/c19-16-6-2-1-5-15(16)18(24)20-12-17(23)22-9-7-21(8-10-22)13-14-4-3-11-25-14/h1-6,11H,7-10,12-13H2,(H,20,24). The first-order valence-corrected chi connectivity index (χ1v) is 8.56. The van der Waals surface area contributed by atoms with E-state index < -0.39 is 0 Å². The Kier molecular flexibility index (Phi) is 5.73. The molecule has 25 heavy (non-hydrogen) atoms. The van der Waals surface area contributed by atoms with Gasteiger partial charge in [0.15, 0.2) is 0 Å². The van der Waals surface area contributed by atoms with Crippen LogP contribution in [-0.4, -0.2) is 54.3 Å². The zero-order valence-electron chi connectivity index (χ0n) is 13.8. The molecule has 6 nitrogen and oxygen atoms in total. The molecule has 2 heterocycles. The number of carbonyl (C=O) groups is 2. The van der Waals surface area contributed by atoms with Gasteiger partial charge in [0.2, 0.25) is 5.91 Å². The molecule has 1 aliphatic heterocycles. The Morgan fingerprint density at radius 2 is 1.84 bits per heavy atom. The molecule has 0 saturated carbocycles. The molecule has 1 aliphatic rings. The molecule has 3 rings (SSSR count). The lowest BCUT2D eigenvalue weighted by molar-refractivity contribution is -0.131. The van der Waals surface area contributed by atoms with Crippen molar-refractivity contribution in [2.75, 3.05) is 32.7 Å². The zero-order chi connectivity index (χ0) is 17.6. The maximum absolute atomic E-state index is 12.3. The van der Waals surface area contributed by atoms with E-state index in [4.69, 9.17) is 16.0 Å². The van der Waals surface area contributed by atoms with Crippen molar-refractivity contribution >= 4 is 23.4 Å². The van der Waals surface area contributed by atoms with Crippen LogP contribution in [-0.2, 0) is 11.3 Å². The molecule has 0 radical (unpaired) electrons. The van der Waals surface area contributed by atoms with Crippen LogP contribution in [0.25, 0.3) is 0 Å². The van der Waals surface area contributed by atoms with Crippen LogP contribution < -0.4 is 5.32 Å². The second-order valence-electron chi connectivity index (χ2n) is 5.90. The summed E-state index contributed by atoms with van der Waals surface area (Å²) < 4.78 is 5.35. The van der Waals surface area contributed by atoms with E-state index >= 15 is 0 Å². The van der Waals surface area contributed by atoms with E-state index in [1.54, 1.807) is 35.4 Å². The first-order chi connectivity index (χ1) is 12.1. The summed E-state index contributed by atoms with van der Waals surface area (Å²) in [4.78, 5) is 28.4. The van der Waals surface area contributed by atoms with Crippen molar-refractivity contribution in [3.63, 3.8) is 0 Å². The highest BCUT2D eigenvalue weighted by Gasteiger charge is 2.22. The summed E-state index contributed by atoms with van der Waals surface area (Å²) in [5, 5.41) is 3.02. The van der Waals surface area contributed by atoms with Crippen LogP contribution in [0.5, 0.6) is 0 Å². The van der Waals surface area contributed by atoms with E-state index in [-0.39, 0.29) is 18.4 Å². The van der Waals surface area contributed by atoms with E-state index in [0.29, 0.717) is 23.7 Å². The van der Waals surface area contributed by atoms with Gasteiger partial charge in [-0.2, -0.15) is 0 Å². The number of benzene rings is 1. The lowest BCUT2D eigenvalue weighted by Crippen LogP contribution is -2.50. The first-order valence-electron chi connectivity index (χ1n) is 8.19. The molecule has 0 unspecified atom stereocenters. The summed E-state index contributed by atoms with van der Waals surface area (Å²) >= 11 is 5.99. The molecule has 132 valence electrons. The molecule has 0 bridgehead atoms. The molecule has 7 heteroatoms. The van der Waals surface area contributed by atoms with Crippen LogP contribution in [0.4, 0.5) is 0 Å². The van der Waals surface area contributed by atoms with Gasteiger partial charge >= 0.3 is 0 Å². The Morgan fingerprint density at radius 1 is 1.08 bits per heavy atom. The number of rotatable bonds is 5. The molecule has 1 aromatic heterocycles. The monoisotopic (exact) mass is 361 g/mol. The van der Waals surface area contributed by atoms with Gasteiger partial charge in [0, 0.05) is 26.2 Å². The summed E-state index contributed by atoms with van der Waals surface area (Å²) in [5.74, 6) is 0.500. The molecule has 0 aliphatic carbocycles. The normalized spacial score (nSPS) is 15.2. The molecular formula is C18H20ClN3O3. The predicted molar refractivity (Wildman–Crippen MR) is 94.4 cm³/mol. The number of nitrogens with zero attached hydrogens (tertiary/aromatic N) is 2. The topological polar surface area (TPSA) is 65.8 Å². The van der Waals surface area contributed by atoms with Crippen LogP contribution in [0.15, 0.2) is 47.1 Å². The molecule has 0 atom stereocenters. The summed E-state index contributed by atoms with van der Waals surface area (Å²) in [5.41, 5.74) is 0.375. The molecule has 1 saturated heterocycles. The zero-order valence-corrected chi connectivity index (χ0v) is 14.5. The molecule has 1 N–H and O–H groups in total. The van der Waals surface area contributed by atoms with Crippen LogP contribution in [0, 0.1) is 0 Å². The number of furan rings is 1. The van der Waals surface area contributed by atoms with Gasteiger partial charge in [-0.15, -0.1) is 0 Å². The van der Waals surface area contributed by atoms with Crippen LogP contribution in [0.3, 0.4) is 0 Å². The van der Waals surface area contributed by atoms with Gasteiger partial charge in [-0.25, -0.2) is 0 Å². The average molecular weight is 362 g/mol. The maximum Gasteiger partial charge on any atom is 0.253 e. The molecule has 1 aromatic carbocycles. The second-order valence-corrected chi connectivity index (χ2v) is 6.31. The molecule has 2 aromatic rings. The van der Waals surface area contributed by atoms with E-state index in [0.717, 1.165) is 25.4 Å². The highest BCUT2D eigenvalue weighted by molar-refractivity contribution is 6.33. The number of halogens is 1. The van der Waals surface area contributed by atoms with Crippen LogP contribution in [0.1, 0.15) is 16.1 Å². The Labute approximate surface area is 151 Å². The van der Waals surface area contributed by atoms with Gasteiger partial charge in [-0.3, -0.25) is 14.5 Å². The van der Waals surface area contributed by atoms with Gasteiger partial charge in [-0.05, 0) is 24.3 Å². The molecule has 0 spiro atoms. The number of nitrogens with one attached hydrogen (secondary N) is 1. The summed E-state index contributed by atoms with van der Waals surface area (Å²) in [6, 6.07) is 10.6. The van der Waals surface area contributed by atoms with Crippen molar-refractivity contribution in [2.24, 2.45) is 0 Å². The third-order valence-corrected chi connectivity index (χ3v) is 4.53. The van der Waals surface area contributed by atoms with E-state index in [1.807, 2.05) is 12.1 Å².